The van der Waals surface area contributed by atoms with Gasteiger partial charge in [0, 0.05) is 17.6 Å². The summed E-state index contributed by atoms with van der Waals surface area (Å²) in [6, 6.07) is 16.0. The van der Waals surface area contributed by atoms with Crippen LogP contribution >= 0.6 is 0 Å². The van der Waals surface area contributed by atoms with Crippen molar-refractivity contribution >= 4 is 23.0 Å². The number of rotatable bonds is 5. The van der Waals surface area contributed by atoms with E-state index in [-0.39, 0.29) is 5.91 Å². The molecule has 4 nitrogen and oxygen atoms in total. The third-order valence-corrected chi connectivity index (χ3v) is 4.29. The molecule has 0 unspecified atom stereocenters. The Labute approximate surface area is 154 Å². The number of amides is 1. The molecule has 26 heavy (non-hydrogen) atoms. The fraction of sp³-hybridized carbons (Fsp3) is 0.182. The van der Waals surface area contributed by atoms with Crippen LogP contribution in [0.3, 0.4) is 0 Å². The van der Waals surface area contributed by atoms with Gasteiger partial charge in [0.05, 0.1) is 17.4 Å². The van der Waals surface area contributed by atoms with Gasteiger partial charge in [0.1, 0.15) is 0 Å². The fourth-order valence-corrected chi connectivity index (χ4v) is 2.69. The average molecular weight is 345 g/mol. The van der Waals surface area contributed by atoms with Crippen LogP contribution < -0.4 is 10.6 Å². The first-order valence-electron chi connectivity index (χ1n) is 8.75. The Balaban J connectivity index is 1.75. The smallest absolute Gasteiger partial charge is 0.257 e. The van der Waals surface area contributed by atoms with Crippen LogP contribution in [0.2, 0.25) is 0 Å². The molecule has 0 aliphatic heterocycles. The number of pyridine rings is 1. The maximum atomic E-state index is 12.6. The molecule has 1 heterocycles. The first-order valence-corrected chi connectivity index (χ1v) is 8.75. The Bertz CT molecular complexity index is 917. The van der Waals surface area contributed by atoms with Crippen LogP contribution in [0.25, 0.3) is 0 Å². The highest BCUT2D eigenvalue weighted by Crippen LogP contribution is 2.20. The number of carbonyl (C=O) groups excluding carboxylic acids is 1. The van der Waals surface area contributed by atoms with E-state index >= 15 is 0 Å². The molecule has 0 saturated heterocycles. The lowest BCUT2D eigenvalue weighted by molar-refractivity contribution is 0.102. The second kappa shape index (κ2) is 7.83. The summed E-state index contributed by atoms with van der Waals surface area (Å²) in [5.74, 6) is -0.170. The van der Waals surface area contributed by atoms with E-state index in [1.165, 1.54) is 5.56 Å². The number of carbonyl (C=O) groups is 1. The molecule has 0 atom stereocenters. The summed E-state index contributed by atoms with van der Waals surface area (Å²) >= 11 is 0. The topological polar surface area (TPSA) is 54.0 Å². The summed E-state index contributed by atoms with van der Waals surface area (Å²) in [4.78, 5) is 16.8. The summed E-state index contributed by atoms with van der Waals surface area (Å²) in [5.41, 5.74) is 6.51. The van der Waals surface area contributed by atoms with Crippen molar-refractivity contribution in [3.8, 4) is 0 Å². The normalized spacial score (nSPS) is 10.4. The van der Waals surface area contributed by atoms with E-state index in [1.807, 2.05) is 44.2 Å². The van der Waals surface area contributed by atoms with Gasteiger partial charge in [-0.15, -0.1) is 0 Å². The van der Waals surface area contributed by atoms with Gasteiger partial charge >= 0.3 is 0 Å². The van der Waals surface area contributed by atoms with E-state index in [2.05, 4.69) is 34.7 Å². The van der Waals surface area contributed by atoms with Crippen molar-refractivity contribution in [3.05, 3.63) is 83.2 Å². The van der Waals surface area contributed by atoms with E-state index in [4.69, 9.17) is 0 Å². The standard InChI is InChI=1S/C22H23N3O/c1-4-17-7-9-19(10-8-17)24-20-12-18(13-23-14-20)22(26)25-21-11-15(2)5-6-16(21)3/h5-14,24H,4H2,1-3H3,(H,25,26). The van der Waals surface area contributed by atoms with Gasteiger partial charge in [-0.05, 0) is 61.2 Å². The summed E-state index contributed by atoms with van der Waals surface area (Å²) in [7, 11) is 0. The molecule has 0 spiro atoms. The Morgan fingerprint density at radius 3 is 2.46 bits per heavy atom. The summed E-state index contributed by atoms with van der Waals surface area (Å²) < 4.78 is 0. The van der Waals surface area contributed by atoms with Crippen molar-refractivity contribution in [1.82, 2.24) is 4.98 Å². The Kier molecular flexibility index (Phi) is 5.32. The number of nitrogens with one attached hydrogen (secondary N) is 2. The third-order valence-electron chi connectivity index (χ3n) is 4.29. The molecular weight excluding hydrogens is 322 g/mol. The minimum Gasteiger partial charge on any atom is -0.354 e. The third kappa shape index (κ3) is 4.28. The van der Waals surface area contributed by atoms with Crippen LogP contribution in [0.5, 0.6) is 0 Å². The Hall–Kier alpha value is -3.14. The molecule has 4 heteroatoms. The van der Waals surface area contributed by atoms with Crippen molar-refractivity contribution in [2.24, 2.45) is 0 Å². The molecule has 0 saturated carbocycles. The highest BCUT2D eigenvalue weighted by molar-refractivity contribution is 6.05. The van der Waals surface area contributed by atoms with Crippen LogP contribution in [0.1, 0.15) is 34.0 Å². The van der Waals surface area contributed by atoms with E-state index in [1.54, 1.807) is 18.5 Å². The maximum Gasteiger partial charge on any atom is 0.257 e. The first kappa shape index (κ1) is 17.7. The van der Waals surface area contributed by atoms with Crippen LogP contribution in [0, 0.1) is 13.8 Å². The molecule has 0 aliphatic rings. The molecule has 1 amide bonds. The lowest BCUT2D eigenvalue weighted by atomic mass is 10.1. The molecule has 0 radical (unpaired) electrons. The summed E-state index contributed by atoms with van der Waals surface area (Å²) in [6.07, 6.45) is 4.30. The molecule has 0 aliphatic carbocycles. The van der Waals surface area contributed by atoms with Gasteiger partial charge in [-0.2, -0.15) is 0 Å². The lowest BCUT2D eigenvalue weighted by Gasteiger charge is -2.11. The lowest BCUT2D eigenvalue weighted by Crippen LogP contribution is -2.13. The number of benzene rings is 2. The Morgan fingerprint density at radius 2 is 1.73 bits per heavy atom. The van der Waals surface area contributed by atoms with Gasteiger partial charge < -0.3 is 10.6 Å². The first-order chi connectivity index (χ1) is 12.5. The predicted molar refractivity (Wildman–Crippen MR) is 107 cm³/mol. The molecule has 0 fully saturated rings. The molecule has 1 aromatic heterocycles. The second-order valence-electron chi connectivity index (χ2n) is 6.41. The molecule has 2 aromatic carbocycles. The van der Waals surface area contributed by atoms with Crippen molar-refractivity contribution in [1.29, 1.82) is 0 Å². The molecule has 2 N–H and O–H groups in total. The minimum absolute atomic E-state index is 0.170. The van der Waals surface area contributed by atoms with E-state index in [9.17, 15) is 4.79 Å². The summed E-state index contributed by atoms with van der Waals surface area (Å²) in [6.45, 7) is 6.11. The molecule has 0 bridgehead atoms. The number of aromatic nitrogens is 1. The van der Waals surface area contributed by atoms with Gasteiger partial charge in [0.15, 0.2) is 0 Å². The maximum absolute atomic E-state index is 12.6. The van der Waals surface area contributed by atoms with Crippen LogP contribution in [-0.2, 0) is 6.42 Å². The van der Waals surface area contributed by atoms with E-state index in [0.717, 1.165) is 34.6 Å². The van der Waals surface area contributed by atoms with Crippen LogP contribution in [0.15, 0.2) is 60.9 Å². The van der Waals surface area contributed by atoms with Gasteiger partial charge in [-0.1, -0.05) is 31.2 Å². The number of hydrogen-bond donors (Lipinski definition) is 2. The SMILES string of the molecule is CCc1ccc(Nc2cncc(C(=O)Nc3cc(C)ccc3C)c2)cc1. The zero-order chi connectivity index (χ0) is 18.5. The minimum atomic E-state index is -0.170. The highest BCUT2D eigenvalue weighted by atomic mass is 16.1. The van der Waals surface area contributed by atoms with Crippen molar-refractivity contribution in [2.75, 3.05) is 10.6 Å². The zero-order valence-electron chi connectivity index (χ0n) is 15.3. The number of hydrogen-bond acceptors (Lipinski definition) is 3. The molecule has 3 aromatic rings. The monoisotopic (exact) mass is 345 g/mol. The second-order valence-corrected chi connectivity index (χ2v) is 6.41. The van der Waals surface area contributed by atoms with Crippen molar-refractivity contribution in [3.63, 3.8) is 0 Å². The van der Waals surface area contributed by atoms with Crippen molar-refractivity contribution < 1.29 is 4.79 Å². The fourth-order valence-electron chi connectivity index (χ4n) is 2.69. The predicted octanol–water partition coefficient (Wildman–Crippen LogP) is 5.26. The highest BCUT2D eigenvalue weighted by Gasteiger charge is 2.09. The summed E-state index contributed by atoms with van der Waals surface area (Å²) in [5, 5.41) is 6.26. The van der Waals surface area contributed by atoms with Gasteiger partial charge in [-0.3, -0.25) is 9.78 Å². The largest absolute Gasteiger partial charge is 0.354 e. The van der Waals surface area contributed by atoms with Crippen LogP contribution in [0.4, 0.5) is 17.1 Å². The zero-order valence-corrected chi connectivity index (χ0v) is 15.3. The molecule has 3 rings (SSSR count). The molecule has 132 valence electrons. The molecular formula is C22H23N3O. The van der Waals surface area contributed by atoms with Crippen molar-refractivity contribution in [2.45, 2.75) is 27.2 Å². The van der Waals surface area contributed by atoms with E-state index in [0.29, 0.717) is 5.56 Å². The quantitative estimate of drug-likeness (QED) is 0.663. The van der Waals surface area contributed by atoms with Gasteiger partial charge in [-0.25, -0.2) is 0 Å². The van der Waals surface area contributed by atoms with Crippen LogP contribution in [-0.4, -0.2) is 10.9 Å². The van der Waals surface area contributed by atoms with Gasteiger partial charge in [0.25, 0.3) is 5.91 Å². The number of nitrogens with zero attached hydrogens (tertiary/aromatic N) is 1. The van der Waals surface area contributed by atoms with Gasteiger partial charge in [0.2, 0.25) is 0 Å². The number of anilines is 3. The van der Waals surface area contributed by atoms with E-state index < -0.39 is 0 Å². The Morgan fingerprint density at radius 1 is 0.962 bits per heavy atom. The number of aryl methyl sites for hydroxylation is 3. The average Bonchev–Trinajstić information content (AvgIpc) is 2.65.